The molecule has 3 rings (SSSR count). The first kappa shape index (κ1) is 13.8. The zero-order valence-electron chi connectivity index (χ0n) is 12.2. The molecule has 108 valence electrons. The van der Waals surface area contributed by atoms with Gasteiger partial charge in [0.15, 0.2) is 0 Å². The molecule has 1 aromatic heterocycles. The van der Waals surface area contributed by atoms with E-state index in [1.807, 2.05) is 37.3 Å². The summed E-state index contributed by atoms with van der Waals surface area (Å²) in [5.41, 5.74) is 5.26. The number of aromatic nitrogens is 1. The molecule has 0 bridgehead atoms. The second-order valence-electron chi connectivity index (χ2n) is 5.72. The molecule has 1 atom stereocenters. The molecule has 0 aliphatic heterocycles. The third kappa shape index (κ3) is 2.82. The Bertz CT molecular complexity index is 679. The van der Waals surface area contributed by atoms with Gasteiger partial charge in [-0.1, -0.05) is 30.3 Å². The minimum atomic E-state index is -0.802. The zero-order valence-corrected chi connectivity index (χ0v) is 12.2. The summed E-state index contributed by atoms with van der Waals surface area (Å²) in [6.45, 7) is 2.02. The number of aryl methyl sites for hydroxylation is 3. The second-order valence-corrected chi connectivity index (χ2v) is 5.72. The smallest absolute Gasteiger partial charge is 0.312 e. The van der Waals surface area contributed by atoms with Crippen molar-refractivity contribution in [3.8, 4) is 0 Å². The molecule has 1 heterocycles. The van der Waals surface area contributed by atoms with Crippen molar-refractivity contribution >= 4 is 5.97 Å². The van der Waals surface area contributed by atoms with Crippen LogP contribution in [0, 0.1) is 6.92 Å². The van der Waals surface area contributed by atoms with Crippen molar-refractivity contribution in [2.24, 2.45) is 0 Å². The van der Waals surface area contributed by atoms with Gasteiger partial charge >= 0.3 is 5.97 Å². The highest BCUT2D eigenvalue weighted by Crippen LogP contribution is 2.26. The van der Waals surface area contributed by atoms with Crippen LogP contribution in [0.5, 0.6) is 0 Å². The molecule has 0 fully saturated rings. The largest absolute Gasteiger partial charge is 0.481 e. The Morgan fingerprint density at radius 3 is 2.81 bits per heavy atom. The predicted molar refractivity (Wildman–Crippen MR) is 81.5 cm³/mol. The molecule has 2 aromatic rings. The lowest BCUT2D eigenvalue weighted by Crippen LogP contribution is -2.17. The number of aliphatic carboxylic acids is 1. The topological polar surface area (TPSA) is 50.2 Å². The van der Waals surface area contributed by atoms with E-state index in [1.165, 1.54) is 5.56 Å². The van der Waals surface area contributed by atoms with Crippen molar-refractivity contribution in [3.05, 3.63) is 64.5 Å². The first-order chi connectivity index (χ1) is 10.1. The fourth-order valence-electron chi connectivity index (χ4n) is 3.01. The van der Waals surface area contributed by atoms with Crippen LogP contribution in [0.3, 0.4) is 0 Å². The molecule has 1 aromatic carbocycles. The third-order valence-electron chi connectivity index (χ3n) is 4.29. The number of fused-ring (bicyclic) bond motifs is 1. The summed E-state index contributed by atoms with van der Waals surface area (Å²) in [6, 6.07) is 11.9. The van der Waals surface area contributed by atoms with Crippen molar-refractivity contribution in [1.29, 1.82) is 0 Å². The fourth-order valence-corrected chi connectivity index (χ4v) is 3.01. The fraction of sp³-hybridized carbons (Fsp3) is 0.333. The number of carbonyl (C=O) groups is 1. The van der Waals surface area contributed by atoms with E-state index in [-0.39, 0.29) is 0 Å². The van der Waals surface area contributed by atoms with Gasteiger partial charge in [0.2, 0.25) is 0 Å². The normalized spacial score (nSPS) is 14.7. The van der Waals surface area contributed by atoms with Crippen molar-refractivity contribution in [3.63, 3.8) is 0 Å². The molecule has 3 nitrogen and oxygen atoms in total. The van der Waals surface area contributed by atoms with E-state index in [0.717, 1.165) is 36.1 Å². The van der Waals surface area contributed by atoms with Crippen molar-refractivity contribution in [1.82, 2.24) is 4.98 Å². The number of carboxylic acids is 1. The van der Waals surface area contributed by atoms with Crippen LogP contribution in [0.25, 0.3) is 0 Å². The average molecular weight is 281 g/mol. The maximum absolute atomic E-state index is 11.7. The van der Waals surface area contributed by atoms with Crippen molar-refractivity contribution in [2.75, 3.05) is 0 Å². The lowest BCUT2D eigenvalue weighted by Gasteiger charge is -2.14. The zero-order chi connectivity index (χ0) is 14.8. The summed E-state index contributed by atoms with van der Waals surface area (Å²) < 4.78 is 0. The Morgan fingerprint density at radius 1 is 1.24 bits per heavy atom. The van der Waals surface area contributed by atoms with Crippen LogP contribution in [-0.2, 0) is 24.1 Å². The van der Waals surface area contributed by atoms with Gasteiger partial charge in [-0.15, -0.1) is 0 Å². The maximum atomic E-state index is 11.7. The number of benzene rings is 1. The molecule has 3 heteroatoms. The first-order valence-corrected chi connectivity index (χ1v) is 7.41. The highest BCUT2D eigenvalue weighted by molar-refractivity contribution is 5.76. The monoisotopic (exact) mass is 281 g/mol. The summed E-state index contributed by atoms with van der Waals surface area (Å²) in [4.78, 5) is 16.3. The van der Waals surface area contributed by atoms with Crippen LogP contribution in [0.15, 0.2) is 36.4 Å². The Labute approximate surface area is 124 Å². The molecular formula is C18H19NO2. The summed E-state index contributed by atoms with van der Waals surface area (Å²) in [5, 5.41) is 9.59. The molecule has 1 aliphatic carbocycles. The van der Waals surface area contributed by atoms with Gasteiger partial charge in [0.25, 0.3) is 0 Å². The van der Waals surface area contributed by atoms with Gasteiger partial charge in [-0.2, -0.15) is 0 Å². The van der Waals surface area contributed by atoms with Gasteiger partial charge in [0, 0.05) is 5.69 Å². The van der Waals surface area contributed by atoms with Gasteiger partial charge in [-0.3, -0.25) is 9.78 Å². The molecular weight excluding hydrogens is 262 g/mol. The Morgan fingerprint density at radius 2 is 2.05 bits per heavy atom. The van der Waals surface area contributed by atoms with Gasteiger partial charge < -0.3 is 5.11 Å². The summed E-state index contributed by atoms with van der Waals surface area (Å²) in [5.74, 6) is -1.37. The molecule has 0 saturated carbocycles. The molecule has 0 radical (unpaired) electrons. The number of pyridine rings is 1. The summed E-state index contributed by atoms with van der Waals surface area (Å²) >= 11 is 0. The molecule has 1 unspecified atom stereocenters. The Balaban J connectivity index is 1.92. The van der Waals surface area contributed by atoms with Crippen molar-refractivity contribution in [2.45, 2.75) is 38.5 Å². The van der Waals surface area contributed by atoms with E-state index in [4.69, 9.17) is 0 Å². The predicted octanol–water partition coefficient (Wildman–Crippen LogP) is 3.29. The first-order valence-electron chi connectivity index (χ1n) is 7.41. The SMILES string of the molecule is Cc1ccccc1CC(C(=O)O)c1ccc2c(n1)CCC2. The summed E-state index contributed by atoms with van der Waals surface area (Å²) in [6.07, 6.45) is 3.66. The highest BCUT2D eigenvalue weighted by atomic mass is 16.4. The van der Waals surface area contributed by atoms with E-state index < -0.39 is 11.9 Å². The second kappa shape index (κ2) is 5.68. The third-order valence-corrected chi connectivity index (χ3v) is 4.29. The van der Waals surface area contributed by atoms with E-state index in [9.17, 15) is 9.90 Å². The molecule has 21 heavy (non-hydrogen) atoms. The standard InChI is InChI=1S/C18H19NO2/c1-12-5-2-3-6-14(12)11-15(18(20)21)17-10-9-13-7-4-8-16(13)19-17/h2-3,5-6,9-10,15H,4,7-8,11H2,1H3,(H,20,21). The van der Waals surface area contributed by atoms with E-state index in [1.54, 1.807) is 0 Å². The van der Waals surface area contributed by atoms with Gasteiger partial charge in [-0.25, -0.2) is 0 Å². The maximum Gasteiger partial charge on any atom is 0.312 e. The Kier molecular flexibility index (Phi) is 3.74. The molecule has 0 saturated heterocycles. The minimum absolute atomic E-state index is 0.494. The lowest BCUT2D eigenvalue weighted by atomic mass is 9.93. The molecule has 1 aliphatic rings. The number of hydrogen-bond acceptors (Lipinski definition) is 2. The van der Waals surface area contributed by atoms with E-state index in [0.29, 0.717) is 12.1 Å². The lowest BCUT2D eigenvalue weighted by molar-refractivity contribution is -0.138. The highest BCUT2D eigenvalue weighted by Gasteiger charge is 2.24. The van der Waals surface area contributed by atoms with Crippen LogP contribution in [0.1, 0.15) is 40.4 Å². The molecule has 0 amide bonds. The average Bonchev–Trinajstić information content (AvgIpc) is 2.93. The van der Waals surface area contributed by atoms with Crippen LogP contribution in [0.4, 0.5) is 0 Å². The van der Waals surface area contributed by atoms with Crippen LogP contribution < -0.4 is 0 Å². The molecule has 1 N–H and O–H groups in total. The summed E-state index contributed by atoms with van der Waals surface area (Å²) in [7, 11) is 0. The number of rotatable bonds is 4. The van der Waals surface area contributed by atoms with Crippen LogP contribution in [0.2, 0.25) is 0 Å². The van der Waals surface area contributed by atoms with Crippen molar-refractivity contribution < 1.29 is 9.90 Å². The number of carboxylic acid groups (broad SMARTS) is 1. The van der Waals surface area contributed by atoms with Gasteiger partial charge in [0.1, 0.15) is 5.92 Å². The molecule has 0 spiro atoms. The number of nitrogens with zero attached hydrogens (tertiary/aromatic N) is 1. The van der Waals surface area contributed by atoms with Gasteiger partial charge in [-0.05, 0) is 55.4 Å². The Hall–Kier alpha value is -2.16. The van der Waals surface area contributed by atoms with E-state index >= 15 is 0 Å². The van der Waals surface area contributed by atoms with E-state index in [2.05, 4.69) is 11.1 Å². The quantitative estimate of drug-likeness (QED) is 0.935. The minimum Gasteiger partial charge on any atom is -0.481 e. The number of hydrogen-bond donors (Lipinski definition) is 1. The van der Waals surface area contributed by atoms with Crippen LogP contribution in [-0.4, -0.2) is 16.1 Å². The van der Waals surface area contributed by atoms with Crippen LogP contribution >= 0.6 is 0 Å². The van der Waals surface area contributed by atoms with Gasteiger partial charge in [0.05, 0.1) is 5.69 Å².